The maximum absolute atomic E-state index is 12.5. The lowest BCUT2D eigenvalue weighted by molar-refractivity contribution is -0.130. The predicted octanol–water partition coefficient (Wildman–Crippen LogP) is 2.97. The van der Waals surface area contributed by atoms with Crippen molar-refractivity contribution in [1.82, 2.24) is 4.90 Å². The van der Waals surface area contributed by atoms with Gasteiger partial charge in [-0.1, -0.05) is 42.5 Å². The third-order valence-corrected chi connectivity index (χ3v) is 5.71. The molecule has 3 nitrogen and oxygen atoms in total. The Balaban J connectivity index is 1.37. The molecule has 1 aliphatic carbocycles. The average molecular weight is 308 g/mol. The first-order valence-electron chi connectivity index (χ1n) is 8.72. The van der Waals surface area contributed by atoms with Crippen molar-refractivity contribution in [2.24, 2.45) is 17.6 Å². The van der Waals surface area contributed by atoms with Gasteiger partial charge in [0.1, 0.15) is 0 Å². The van der Waals surface area contributed by atoms with Crippen molar-refractivity contribution in [1.29, 1.82) is 0 Å². The number of hydrogen-bond acceptors (Lipinski definition) is 2. The molecule has 1 saturated carbocycles. The summed E-state index contributed by atoms with van der Waals surface area (Å²) in [5, 5.41) is 2.50. The summed E-state index contributed by atoms with van der Waals surface area (Å²) in [6, 6.07) is 15.2. The van der Waals surface area contributed by atoms with Crippen LogP contribution in [0.2, 0.25) is 0 Å². The van der Waals surface area contributed by atoms with Crippen molar-refractivity contribution in [2.45, 2.75) is 31.7 Å². The Hall–Kier alpha value is -1.87. The summed E-state index contributed by atoms with van der Waals surface area (Å²) in [5.74, 6) is 1.48. The molecule has 2 N–H and O–H groups in total. The van der Waals surface area contributed by atoms with E-state index in [1.54, 1.807) is 0 Å². The summed E-state index contributed by atoms with van der Waals surface area (Å²) in [7, 11) is 0. The van der Waals surface area contributed by atoms with Gasteiger partial charge < -0.3 is 10.6 Å². The monoisotopic (exact) mass is 308 g/mol. The first-order valence-corrected chi connectivity index (χ1v) is 8.72. The molecule has 3 heteroatoms. The van der Waals surface area contributed by atoms with Crippen LogP contribution in [0.3, 0.4) is 0 Å². The maximum Gasteiger partial charge on any atom is 0.222 e. The molecule has 1 saturated heterocycles. The van der Waals surface area contributed by atoms with Gasteiger partial charge in [-0.2, -0.15) is 0 Å². The van der Waals surface area contributed by atoms with E-state index in [-0.39, 0.29) is 0 Å². The van der Waals surface area contributed by atoms with Gasteiger partial charge in [0, 0.05) is 25.6 Å². The quantitative estimate of drug-likeness (QED) is 0.947. The molecule has 3 unspecified atom stereocenters. The van der Waals surface area contributed by atoms with E-state index < -0.39 is 0 Å². The number of nitrogens with zero attached hydrogens (tertiary/aromatic N) is 1. The number of fused-ring (bicyclic) bond motifs is 2. The third kappa shape index (κ3) is 2.86. The fourth-order valence-electron chi connectivity index (χ4n) is 4.31. The standard InChI is InChI=1S/C20H24N2O/c21-19-9-8-17-12-22(13-18(17)19)20(23)10-6-14-5-7-15-3-1-2-4-16(15)11-14/h1-5,7,11,17-19H,6,8-10,12-13,21H2. The summed E-state index contributed by atoms with van der Waals surface area (Å²) in [6.45, 7) is 1.80. The fourth-order valence-corrected chi connectivity index (χ4v) is 4.31. The van der Waals surface area contributed by atoms with Crippen LogP contribution in [-0.2, 0) is 11.2 Å². The Morgan fingerprint density at radius 2 is 1.91 bits per heavy atom. The average Bonchev–Trinajstić information content (AvgIpc) is 3.15. The Kier molecular flexibility index (Phi) is 3.82. The van der Waals surface area contributed by atoms with E-state index in [1.807, 2.05) is 0 Å². The minimum atomic E-state index is 0.291. The molecule has 0 spiro atoms. The molecule has 0 bridgehead atoms. The Bertz CT molecular complexity index is 726. The molecular formula is C20H24N2O. The topological polar surface area (TPSA) is 46.3 Å². The van der Waals surface area contributed by atoms with Crippen molar-refractivity contribution >= 4 is 16.7 Å². The molecule has 0 radical (unpaired) electrons. The van der Waals surface area contributed by atoms with E-state index in [2.05, 4.69) is 47.4 Å². The van der Waals surface area contributed by atoms with E-state index in [1.165, 1.54) is 22.8 Å². The molecule has 2 aromatic rings. The Morgan fingerprint density at radius 1 is 1.09 bits per heavy atom. The second-order valence-corrected chi connectivity index (χ2v) is 7.15. The largest absolute Gasteiger partial charge is 0.342 e. The van der Waals surface area contributed by atoms with Crippen molar-refractivity contribution < 1.29 is 4.79 Å². The number of likely N-dealkylation sites (tertiary alicyclic amines) is 1. The second-order valence-electron chi connectivity index (χ2n) is 7.15. The molecule has 4 rings (SSSR count). The molecule has 0 aromatic heterocycles. The lowest BCUT2D eigenvalue weighted by Crippen LogP contribution is -2.33. The molecule has 1 amide bonds. The van der Waals surface area contributed by atoms with Crippen LogP contribution in [0.25, 0.3) is 10.8 Å². The normalized spacial score (nSPS) is 26.7. The van der Waals surface area contributed by atoms with Gasteiger partial charge in [-0.25, -0.2) is 0 Å². The molecule has 3 atom stereocenters. The summed E-state index contributed by atoms with van der Waals surface area (Å²) in [5.41, 5.74) is 7.41. The zero-order valence-electron chi connectivity index (χ0n) is 13.4. The molecule has 2 aliphatic rings. The first kappa shape index (κ1) is 14.7. The van der Waals surface area contributed by atoms with Gasteiger partial charge in [0.15, 0.2) is 0 Å². The smallest absolute Gasteiger partial charge is 0.222 e. The highest BCUT2D eigenvalue weighted by molar-refractivity contribution is 5.83. The highest BCUT2D eigenvalue weighted by atomic mass is 16.2. The number of amides is 1. The van der Waals surface area contributed by atoms with Gasteiger partial charge in [0.25, 0.3) is 0 Å². The number of benzene rings is 2. The highest BCUT2D eigenvalue weighted by Gasteiger charge is 2.42. The van der Waals surface area contributed by atoms with Crippen molar-refractivity contribution in [3.05, 3.63) is 48.0 Å². The summed E-state index contributed by atoms with van der Waals surface area (Å²) >= 11 is 0. The van der Waals surface area contributed by atoms with Crippen LogP contribution >= 0.6 is 0 Å². The van der Waals surface area contributed by atoms with Crippen LogP contribution in [0.1, 0.15) is 24.8 Å². The van der Waals surface area contributed by atoms with E-state index >= 15 is 0 Å². The number of rotatable bonds is 3. The fraction of sp³-hybridized carbons (Fsp3) is 0.450. The Morgan fingerprint density at radius 3 is 2.74 bits per heavy atom. The van der Waals surface area contributed by atoms with Gasteiger partial charge in [-0.05, 0) is 47.4 Å². The summed E-state index contributed by atoms with van der Waals surface area (Å²) in [6.07, 6.45) is 3.75. The minimum Gasteiger partial charge on any atom is -0.342 e. The molecule has 1 heterocycles. The number of nitrogens with two attached hydrogens (primary N) is 1. The second kappa shape index (κ2) is 5.97. The number of aryl methyl sites for hydroxylation is 1. The van der Waals surface area contributed by atoms with E-state index in [0.717, 1.165) is 25.9 Å². The van der Waals surface area contributed by atoms with Gasteiger partial charge >= 0.3 is 0 Å². The number of carbonyl (C=O) groups is 1. The van der Waals surface area contributed by atoms with Crippen LogP contribution in [0.15, 0.2) is 42.5 Å². The molecular weight excluding hydrogens is 284 g/mol. The van der Waals surface area contributed by atoms with Gasteiger partial charge in [-0.3, -0.25) is 4.79 Å². The number of carbonyl (C=O) groups excluding carboxylic acids is 1. The third-order valence-electron chi connectivity index (χ3n) is 5.71. The molecule has 1 aliphatic heterocycles. The molecule has 2 aromatic carbocycles. The number of hydrogen-bond donors (Lipinski definition) is 1. The van der Waals surface area contributed by atoms with Crippen molar-refractivity contribution in [3.63, 3.8) is 0 Å². The van der Waals surface area contributed by atoms with E-state index in [4.69, 9.17) is 5.73 Å². The molecule has 2 fully saturated rings. The lowest BCUT2D eigenvalue weighted by atomic mass is 9.98. The summed E-state index contributed by atoms with van der Waals surface area (Å²) < 4.78 is 0. The maximum atomic E-state index is 12.5. The summed E-state index contributed by atoms with van der Waals surface area (Å²) in [4.78, 5) is 14.6. The van der Waals surface area contributed by atoms with E-state index in [0.29, 0.717) is 30.2 Å². The van der Waals surface area contributed by atoms with E-state index in [9.17, 15) is 4.79 Å². The van der Waals surface area contributed by atoms with Crippen molar-refractivity contribution in [2.75, 3.05) is 13.1 Å². The van der Waals surface area contributed by atoms with Crippen LogP contribution in [-0.4, -0.2) is 29.9 Å². The van der Waals surface area contributed by atoms with Crippen LogP contribution < -0.4 is 5.73 Å². The SMILES string of the molecule is NC1CCC2CN(C(=O)CCc3ccc4ccccc4c3)CC12. The van der Waals surface area contributed by atoms with Crippen LogP contribution in [0, 0.1) is 11.8 Å². The van der Waals surface area contributed by atoms with Gasteiger partial charge in [0.05, 0.1) is 0 Å². The Labute approximate surface area is 137 Å². The van der Waals surface area contributed by atoms with Crippen molar-refractivity contribution in [3.8, 4) is 0 Å². The van der Waals surface area contributed by atoms with Gasteiger partial charge in [-0.15, -0.1) is 0 Å². The highest BCUT2D eigenvalue weighted by Crippen LogP contribution is 2.37. The first-order chi connectivity index (χ1) is 11.2. The van der Waals surface area contributed by atoms with Gasteiger partial charge in [0.2, 0.25) is 5.91 Å². The predicted molar refractivity (Wildman–Crippen MR) is 93.0 cm³/mol. The zero-order valence-corrected chi connectivity index (χ0v) is 13.4. The van der Waals surface area contributed by atoms with Crippen LogP contribution in [0.4, 0.5) is 0 Å². The zero-order chi connectivity index (χ0) is 15.8. The molecule has 23 heavy (non-hydrogen) atoms. The minimum absolute atomic E-state index is 0.291. The molecule has 120 valence electrons. The van der Waals surface area contributed by atoms with Crippen LogP contribution in [0.5, 0.6) is 0 Å². The lowest BCUT2D eigenvalue weighted by Gasteiger charge is -2.18.